The van der Waals surface area contributed by atoms with Gasteiger partial charge in [0.05, 0.1) is 5.69 Å². The van der Waals surface area contributed by atoms with E-state index in [4.69, 9.17) is 0 Å². The zero-order valence-electron chi connectivity index (χ0n) is 15.4. The zero-order valence-corrected chi connectivity index (χ0v) is 15.4. The number of nitrogens with one attached hydrogen (secondary N) is 2. The number of alkyl halides is 3. The molecule has 0 spiro atoms. The van der Waals surface area contributed by atoms with Gasteiger partial charge in [-0.15, -0.1) is 13.2 Å². The largest absolute Gasteiger partial charge is 0.573 e. The molecule has 0 radical (unpaired) electrons. The summed E-state index contributed by atoms with van der Waals surface area (Å²) in [7, 11) is 0. The fraction of sp³-hybridized carbons (Fsp3) is 0.200. The van der Waals surface area contributed by atoms with Crippen LogP contribution in [-0.4, -0.2) is 22.9 Å². The molecule has 0 saturated heterocycles. The van der Waals surface area contributed by atoms with Crippen LogP contribution in [0.2, 0.25) is 0 Å². The van der Waals surface area contributed by atoms with Crippen LogP contribution in [0, 0.1) is 5.82 Å². The number of hydrogen-bond donors (Lipinski definition) is 2. The highest BCUT2D eigenvalue weighted by Crippen LogP contribution is 2.28. The van der Waals surface area contributed by atoms with Crippen molar-refractivity contribution in [3.63, 3.8) is 0 Å². The zero-order chi connectivity index (χ0) is 20.9. The summed E-state index contributed by atoms with van der Waals surface area (Å²) < 4.78 is 55.3. The molecule has 2 aromatic carbocycles. The van der Waals surface area contributed by atoms with Crippen molar-refractivity contribution >= 4 is 11.8 Å². The van der Waals surface area contributed by atoms with Gasteiger partial charge in [-0.3, -0.25) is 0 Å². The molecule has 0 saturated carbocycles. The number of anilines is 2. The van der Waals surface area contributed by atoms with Gasteiger partial charge in [0.1, 0.15) is 17.4 Å². The lowest BCUT2D eigenvalue weighted by Gasteiger charge is -2.13. The number of ether oxygens (including phenoxy) is 1. The third-order valence-electron chi connectivity index (χ3n) is 3.84. The summed E-state index contributed by atoms with van der Waals surface area (Å²) in [4.78, 5) is 8.64. The third kappa shape index (κ3) is 5.81. The molecule has 0 bridgehead atoms. The van der Waals surface area contributed by atoms with Crippen LogP contribution >= 0.6 is 0 Å². The number of nitrogens with zero attached hydrogens (tertiary/aromatic N) is 2. The molecule has 0 aliphatic rings. The van der Waals surface area contributed by atoms with E-state index in [1.807, 2.05) is 6.92 Å². The molecule has 152 valence electrons. The Balaban J connectivity index is 1.89. The summed E-state index contributed by atoms with van der Waals surface area (Å²) in [6.45, 7) is 2.60. The first-order chi connectivity index (χ1) is 13.8. The normalized spacial score (nSPS) is 11.2. The maximum atomic E-state index is 13.8. The summed E-state index contributed by atoms with van der Waals surface area (Å²) >= 11 is 0. The molecule has 1 heterocycles. The highest BCUT2D eigenvalue weighted by atomic mass is 19.4. The van der Waals surface area contributed by atoms with Crippen LogP contribution in [-0.2, 0) is 6.54 Å². The van der Waals surface area contributed by atoms with Crippen LogP contribution in [0.3, 0.4) is 0 Å². The Morgan fingerprint density at radius 3 is 2.48 bits per heavy atom. The second-order valence-corrected chi connectivity index (χ2v) is 6.01. The van der Waals surface area contributed by atoms with E-state index in [2.05, 4.69) is 25.3 Å². The molecule has 0 aliphatic carbocycles. The monoisotopic (exact) mass is 406 g/mol. The fourth-order valence-corrected chi connectivity index (χ4v) is 2.60. The van der Waals surface area contributed by atoms with E-state index in [0.29, 0.717) is 35.1 Å². The molecule has 3 aromatic rings. The number of benzene rings is 2. The van der Waals surface area contributed by atoms with E-state index in [1.165, 1.54) is 24.3 Å². The minimum absolute atomic E-state index is 0.186. The van der Waals surface area contributed by atoms with Gasteiger partial charge >= 0.3 is 6.36 Å². The molecule has 2 N–H and O–H groups in total. The number of halogens is 4. The van der Waals surface area contributed by atoms with Gasteiger partial charge in [0.25, 0.3) is 0 Å². The predicted molar refractivity (Wildman–Crippen MR) is 102 cm³/mol. The van der Waals surface area contributed by atoms with Crippen LogP contribution in [0.15, 0.2) is 54.6 Å². The standard InChI is InChI=1S/C20H18F4N4O/c1-2-25-19-27-17(13-7-5-8-15(10-13)29-20(22,23)24)11-18(28-19)26-12-14-6-3-4-9-16(14)21/h3-11H,2,12H2,1H3,(H2,25,26,27,28). The molecule has 1 aromatic heterocycles. The maximum Gasteiger partial charge on any atom is 0.573 e. The van der Waals surface area contributed by atoms with Crippen molar-refractivity contribution in [3.8, 4) is 17.0 Å². The summed E-state index contributed by atoms with van der Waals surface area (Å²) in [6.07, 6.45) is -4.79. The summed E-state index contributed by atoms with van der Waals surface area (Å²) in [5, 5.41) is 5.99. The Bertz CT molecular complexity index is 979. The molecular formula is C20H18F4N4O. The SMILES string of the molecule is CCNc1nc(NCc2ccccc2F)cc(-c2cccc(OC(F)(F)F)c2)n1. The maximum absolute atomic E-state index is 13.8. The van der Waals surface area contributed by atoms with Crippen molar-refractivity contribution in [1.29, 1.82) is 0 Å². The minimum atomic E-state index is -4.79. The van der Waals surface area contributed by atoms with Crippen molar-refractivity contribution < 1.29 is 22.3 Å². The van der Waals surface area contributed by atoms with Crippen LogP contribution < -0.4 is 15.4 Å². The molecule has 0 fully saturated rings. The van der Waals surface area contributed by atoms with E-state index in [1.54, 1.807) is 30.3 Å². The Labute approximate surface area is 164 Å². The molecule has 0 aliphatic heterocycles. The lowest BCUT2D eigenvalue weighted by Crippen LogP contribution is -2.17. The predicted octanol–water partition coefficient (Wildman–Crippen LogP) is 5.23. The molecule has 29 heavy (non-hydrogen) atoms. The number of aromatic nitrogens is 2. The van der Waals surface area contributed by atoms with E-state index < -0.39 is 6.36 Å². The van der Waals surface area contributed by atoms with Gasteiger partial charge in [-0.2, -0.15) is 4.98 Å². The highest BCUT2D eigenvalue weighted by molar-refractivity contribution is 5.66. The number of hydrogen-bond acceptors (Lipinski definition) is 5. The van der Waals surface area contributed by atoms with E-state index in [-0.39, 0.29) is 18.1 Å². The van der Waals surface area contributed by atoms with Crippen molar-refractivity contribution in [3.05, 3.63) is 66.0 Å². The van der Waals surface area contributed by atoms with Crippen LogP contribution in [0.4, 0.5) is 29.3 Å². The van der Waals surface area contributed by atoms with Crippen molar-refractivity contribution in [2.75, 3.05) is 17.2 Å². The molecule has 9 heteroatoms. The quantitative estimate of drug-likeness (QED) is 0.527. The van der Waals surface area contributed by atoms with Crippen LogP contribution in [0.1, 0.15) is 12.5 Å². The molecule has 0 atom stereocenters. The molecule has 0 unspecified atom stereocenters. The topological polar surface area (TPSA) is 59.1 Å². The van der Waals surface area contributed by atoms with E-state index >= 15 is 0 Å². The molecule has 0 amide bonds. The smallest absolute Gasteiger partial charge is 0.406 e. The van der Waals surface area contributed by atoms with Crippen LogP contribution in [0.5, 0.6) is 5.75 Å². The second kappa shape index (κ2) is 8.76. The minimum Gasteiger partial charge on any atom is -0.406 e. The Morgan fingerprint density at radius 2 is 1.76 bits per heavy atom. The molecule has 3 rings (SSSR count). The average Bonchev–Trinajstić information content (AvgIpc) is 2.66. The van der Waals surface area contributed by atoms with E-state index in [0.717, 1.165) is 0 Å². The first-order valence-electron chi connectivity index (χ1n) is 8.80. The van der Waals surface area contributed by atoms with Gasteiger partial charge in [0.2, 0.25) is 5.95 Å². The first kappa shape index (κ1) is 20.4. The summed E-state index contributed by atoms with van der Waals surface area (Å²) in [5.74, 6) is -0.00260. The number of rotatable bonds is 7. The van der Waals surface area contributed by atoms with Crippen molar-refractivity contribution in [1.82, 2.24) is 9.97 Å². The fourth-order valence-electron chi connectivity index (χ4n) is 2.60. The van der Waals surface area contributed by atoms with E-state index in [9.17, 15) is 17.6 Å². The lowest BCUT2D eigenvalue weighted by molar-refractivity contribution is -0.274. The van der Waals surface area contributed by atoms with Gasteiger partial charge in [-0.1, -0.05) is 30.3 Å². The van der Waals surface area contributed by atoms with Gasteiger partial charge in [0, 0.05) is 30.3 Å². The van der Waals surface area contributed by atoms with Gasteiger partial charge in [0.15, 0.2) is 0 Å². The average molecular weight is 406 g/mol. The van der Waals surface area contributed by atoms with Gasteiger partial charge < -0.3 is 15.4 Å². The second-order valence-electron chi connectivity index (χ2n) is 6.01. The highest BCUT2D eigenvalue weighted by Gasteiger charge is 2.31. The van der Waals surface area contributed by atoms with Crippen molar-refractivity contribution in [2.24, 2.45) is 0 Å². The molecule has 5 nitrogen and oxygen atoms in total. The van der Waals surface area contributed by atoms with Gasteiger partial charge in [-0.05, 0) is 25.1 Å². The van der Waals surface area contributed by atoms with Crippen LogP contribution in [0.25, 0.3) is 11.3 Å². The van der Waals surface area contributed by atoms with Crippen molar-refractivity contribution in [2.45, 2.75) is 19.8 Å². The Morgan fingerprint density at radius 1 is 0.966 bits per heavy atom. The molecular weight excluding hydrogens is 388 g/mol. The summed E-state index contributed by atoms with van der Waals surface area (Å²) in [5.41, 5.74) is 1.26. The Kier molecular flexibility index (Phi) is 6.16. The summed E-state index contributed by atoms with van der Waals surface area (Å²) in [6, 6.07) is 13.4. The Hall–Kier alpha value is -3.36. The third-order valence-corrected chi connectivity index (χ3v) is 3.84. The lowest BCUT2D eigenvalue weighted by atomic mass is 10.1. The first-order valence-corrected chi connectivity index (χ1v) is 8.80. The van der Waals surface area contributed by atoms with Gasteiger partial charge in [-0.25, -0.2) is 9.37 Å².